The molecule has 0 saturated carbocycles. The Morgan fingerprint density at radius 1 is 0.933 bits per heavy atom. The molecule has 1 aromatic rings. The average Bonchev–Trinajstić information content (AvgIpc) is 2.99. The van der Waals surface area contributed by atoms with Gasteiger partial charge in [-0.1, -0.05) is 31.9 Å². The lowest BCUT2D eigenvalue weighted by Crippen LogP contribution is -2.37. The van der Waals surface area contributed by atoms with Gasteiger partial charge in [0, 0.05) is 11.1 Å². The second kappa shape index (κ2) is 3.01. The average molecular weight is 330 g/mol. The molecule has 2 aliphatic rings. The minimum absolute atomic E-state index is 0.00109. The van der Waals surface area contributed by atoms with Gasteiger partial charge < -0.3 is 0 Å². The van der Waals surface area contributed by atoms with Crippen molar-refractivity contribution < 1.29 is 9.59 Å². The summed E-state index contributed by atoms with van der Waals surface area (Å²) < 4.78 is 0. The first kappa shape index (κ1) is 9.73. The van der Waals surface area contributed by atoms with Crippen molar-refractivity contribution in [1.82, 2.24) is 0 Å². The highest BCUT2D eigenvalue weighted by Gasteiger charge is 2.40. The highest BCUT2D eigenvalue weighted by atomic mass is 79.9. The highest BCUT2D eigenvalue weighted by Crippen LogP contribution is 2.37. The fourth-order valence-corrected chi connectivity index (χ4v) is 2.90. The lowest BCUT2D eigenvalue weighted by atomic mass is 9.89. The first-order valence-corrected chi connectivity index (χ1v) is 6.45. The zero-order valence-corrected chi connectivity index (χ0v) is 10.8. The molecule has 15 heavy (non-hydrogen) atoms. The van der Waals surface area contributed by atoms with Crippen LogP contribution in [0.2, 0.25) is 0 Å². The summed E-state index contributed by atoms with van der Waals surface area (Å²) in [6.45, 7) is 0. The standard InChI is InChI=1S/C11H6Br2O2/c12-8-9(13)11(15)7-3-5-1-4(5)2-6(7)10(8)14/h2-3,8-9H,1H2/t8-,9-/m0/s1. The third kappa shape index (κ3) is 1.27. The predicted molar refractivity (Wildman–Crippen MR) is 63.3 cm³/mol. The number of alkyl halides is 2. The van der Waals surface area contributed by atoms with Gasteiger partial charge in [0.25, 0.3) is 0 Å². The van der Waals surface area contributed by atoms with Gasteiger partial charge in [0.05, 0.1) is 9.65 Å². The van der Waals surface area contributed by atoms with Crippen LogP contribution >= 0.6 is 31.9 Å². The zero-order chi connectivity index (χ0) is 10.7. The number of fused-ring (bicyclic) bond motifs is 2. The molecule has 0 N–H and O–H groups in total. The summed E-state index contributed by atoms with van der Waals surface area (Å²) >= 11 is 6.51. The van der Waals surface area contributed by atoms with E-state index in [0.29, 0.717) is 11.1 Å². The molecule has 2 atom stereocenters. The number of ketones is 2. The third-order valence-corrected chi connectivity index (χ3v) is 5.48. The summed E-state index contributed by atoms with van der Waals surface area (Å²) in [6, 6.07) is 3.72. The van der Waals surface area contributed by atoms with E-state index >= 15 is 0 Å². The van der Waals surface area contributed by atoms with E-state index in [0.717, 1.165) is 6.42 Å². The summed E-state index contributed by atoms with van der Waals surface area (Å²) in [6.07, 6.45) is 0.924. The number of rotatable bonds is 0. The fourth-order valence-electron chi connectivity index (χ4n) is 1.92. The molecule has 3 rings (SSSR count). The van der Waals surface area contributed by atoms with E-state index in [4.69, 9.17) is 0 Å². The van der Waals surface area contributed by atoms with Gasteiger partial charge in [0.2, 0.25) is 0 Å². The number of benzene rings is 1. The molecule has 0 heterocycles. The number of carbonyl (C=O) groups excluding carboxylic acids is 2. The van der Waals surface area contributed by atoms with Crippen molar-refractivity contribution in [3.63, 3.8) is 0 Å². The minimum atomic E-state index is -0.436. The van der Waals surface area contributed by atoms with Crippen LogP contribution in [-0.4, -0.2) is 21.2 Å². The van der Waals surface area contributed by atoms with E-state index in [1.165, 1.54) is 11.1 Å². The lowest BCUT2D eigenvalue weighted by Gasteiger charge is -2.22. The molecule has 0 unspecified atom stereocenters. The van der Waals surface area contributed by atoms with E-state index in [9.17, 15) is 9.59 Å². The summed E-state index contributed by atoms with van der Waals surface area (Å²) in [4.78, 5) is 23.0. The summed E-state index contributed by atoms with van der Waals surface area (Å²) in [5.41, 5.74) is 3.55. The molecule has 1 aromatic carbocycles. The highest BCUT2D eigenvalue weighted by molar-refractivity contribution is 9.12. The summed E-state index contributed by atoms with van der Waals surface area (Å²) in [7, 11) is 0. The van der Waals surface area contributed by atoms with E-state index in [2.05, 4.69) is 31.9 Å². The molecule has 76 valence electrons. The van der Waals surface area contributed by atoms with Crippen molar-refractivity contribution in [3.8, 4) is 0 Å². The Balaban J connectivity index is 2.24. The topological polar surface area (TPSA) is 34.1 Å². The van der Waals surface area contributed by atoms with Crippen molar-refractivity contribution in [2.75, 3.05) is 0 Å². The van der Waals surface area contributed by atoms with Crippen LogP contribution in [0.5, 0.6) is 0 Å². The maximum absolute atomic E-state index is 11.9. The maximum atomic E-state index is 11.9. The molecule has 2 aliphatic carbocycles. The Kier molecular flexibility index (Phi) is 1.95. The summed E-state index contributed by atoms with van der Waals surface area (Å²) in [5.74, 6) is 0.00218. The van der Waals surface area contributed by atoms with E-state index in [-0.39, 0.29) is 11.6 Å². The predicted octanol–water partition coefficient (Wildman–Crippen LogP) is 2.50. The Morgan fingerprint density at radius 2 is 1.33 bits per heavy atom. The van der Waals surface area contributed by atoms with Gasteiger partial charge in [0.15, 0.2) is 11.6 Å². The first-order chi connectivity index (χ1) is 7.09. The third-order valence-electron chi connectivity index (χ3n) is 2.88. The summed E-state index contributed by atoms with van der Waals surface area (Å²) in [5, 5.41) is 0. The Morgan fingerprint density at radius 3 is 1.73 bits per heavy atom. The molecule has 0 bridgehead atoms. The van der Waals surface area contributed by atoms with Crippen LogP contribution < -0.4 is 0 Å². The van der Waals surface area contributed by atoms with Crippen molar-refractivity contribution in [1.29, 1.82) is 0 Å². The molecule has 0 amide bonds. The second-order valence-electron chi connectivity index (χ2n) is 3.88. The number of hydrogen-bond donors (Lipinski definition) is 0. The van der Waals surface area contributed by atoms with Gasteiger partial charge >= 0.3 is 0 Å². The Bertz CT molecular complexity index is 463. The number of hydrogen-bond acceptors (Lipinski definition) is 2. The van der Waals surface area contributed by atoms with E-state index in [1.807, 2.05) is 12.1 Å². The number of Topliss-reactive ketones (excluding diaryl/α,β-unsaturated/α-hetero) is 2. The normalized spacial score (nSPS) is 27.3. The van der Waals surface area contributed by atoms with Crippen molar-refractivity contribution in [3.05, 3.63) is 34.4 Å². The van der Waals surface area contributed by atoms with Gasteiger partial charge in [-0.05, 0) is 29.7 Å². The second-order valence-corrected chi connectivity index (χ2v) is 5.85. The largest absolute Gasteiger partial charge is 0.293 e. The van der Waals surface area contributed by atoms with Crippen LogP contribution in [0.1, 0.15) is 31.8 Å². The number of carbonyl (C=O) groups is 2. The zero-order valence-electron chi connectivity index (χ0n) is 7.59. The molecule has 0 saturated heterocycles. The monoisotopic (exact) mass is 328 g/mol. The first-order valence-electron chi connectivity index (χ1n) is 4.62. The van der Waals surface area contributed by atoms with Gasteiger partial charge in [-0.3, -0.25) is 9.59 Å². The molecule has 0 spiro atoms. The molecule has 0 radical (unpaired) electrons. The van der Waals surface area contributed by atoms with Crippen LogP contribution in [0.3, 0.4) is 0 Å². The van der Waals surface area contributed by atoms with Crippen molar-refractivity contribution in [2.24, 2.45) is 0 Å². The van der Waals surface area contributed by atoms with Crippen LogP contribution in [-0.2, 0) is 6.42 Å². The Hall–Kier alpha value is -0.480. The smallest absolute Gasteiger partial charge is 0.178 e. The minimum Gasteiger partial charge on any atom is -0.293 e. The SMILES string of the molecule is O=C1c2cc3c(cc2C(=O)[C@@H](Br)[C@@H]1Br)C3. The van der Waals surface area contributed by atoms with E-state index < -0.39 is 9.65 Å². The van der Waals surface area contributed by atoms with Crippen LogP contribution in [0, 0.1) is 0 Å². The quantitative estimate of drug-likeness (QED) is 0.696. The Labute approximate surface area is 103 Å². The maximum Gasteiger partial charge on any atom is 0.178 e. The molecular weight excluding hydrogens is 324 g/mol. The van der Waals surface area contributed by atoms with Gasteiger partial charge in [-0.15, -0.1) is 0 Å². The van der Waals surface area contributed by atoms with Gasteiger partial charge in [-0.2, -0.15) is 0 Å². The van der Waals surface area contributed by atoms with Crippen LogP contribution in [0.25, 0.3) is 0 Å². The van der Waals surface area contributed by atoms with Gasteiger partial charge in [-0.25, -0.2) is 0 Å². The van der Waals surface area contributed by atoms with Crippen LogP contribution in [0.4, 0.5) is 0 Å². The molecule has 4 heteroatoms. The van der Waals surface area contributed by atoms with Crippen molar-refractivity contribution in [2.45, 2.75) is 16.1 Å². The molecule has 2 nitrogen and oxygen atoms in total. The molecule has 0 aromatic heterocycles. The van der Waals surface area contributed by atoms with E-state index in [1.54, 1.807) is 0 Å². The lowest BCUT2D eigenvalue weighted by molar-refractivity contribution is 0.0907. The molecule has 0 fully saturated rings. The fraction of sp³-hybridized carbons (Fsp3) is 0.273. The number of halogens is 2. The van der Waals surface area contributed by atoms with Gasteiger partial charge in [0.1, 0.15) is 0 Å². The van der Waals surface area contributed by atoms with Crippen molar-refractivity contribution >= 4 is 43.4 Å². The van der Waals surface area contributed by atoms with Crippen LogP contribution in [0.15, 0.2) is 12.1 Å². The molecular formula is C11H6Br2O2. The molecule has 0 aliphatic heterocycles.